The fourth-order valence-electron chi connectivity index (χ4n) is 4.55. The summed E-state index contributed by atoms with van der Waals surface area (Å²) in [5, 5.41) is 3.64. The van der Waals surface area contributed by atoms with E-state index in [1.54, 1.807) is 6.26 Å². The highest BCUT2D eigenvalue weighted by atomic mass is 16.3. The Morgan fingerprint density at radius 3 is 2.45 bits per heavy atom. The van der Waals surface area contributed by atoms with Crippen LogP contribution in [0.2, 0.25) is 0 Å². The van der Waals surface area contributed by atoms with E-state index in [0.29, 0.717) is 5.92 Å². The molecule has 3 heteroatoms. The molecule has 3 nitrogen and oxygen atoms in total. The Labute approximate surface area is 195 Å². The van der Waals surface area contributed by atoms with Crippen molar-refractivity contribution >= 4 is 21.7 Å². The largest absolute Gasteiger partial charge is 0.464 e. The number of nitrogens with zero attached hydrogens (tertiary/aromatic N) is 2. The van der Waals surface area contributed by atoms with Crippen LogP contribution in [0.1, 0.15) is 45.9 Å². The van der Waals surface area contributed by atoms with E-state index >= 15 is 0 Å². The quantitative estimate of drug-likeness (QED) is 0.286. The molecule has 33 heavy (non-hydrogen) atoms. The molecule has 0 spiro atoms. The number of hydrogen-bond donors (Lipinski definition) is 0. The van der Waals surface area contributed by atoms with Crippen molar-refractivity contribution in [3.8, 4) is 22.5 Å². The van der Waals surface area contributed by atoms with Gasteiger partial charge in [-0.3, -0.25) is 9.97 Å². The van der Waals surface area contributed by atoms with Gasteiger partial charge in [0.2, 0.25) is 0 Å². The van der Waals surface area contributed by atoms with Crippen molar-refractivity contribution in [1.82, 2.24) is 9.97 Å². The summed E-state index contributed by atoms with van der Waals surface area (Å²) in [7, 11) is 0. The van der Waals surface area contributed by atoms with Crippen LogP contribution in [0.5, 0.6) is 0 Å². The average molecular weight is 435 g/mol. The van der Waals surface area contributed by atoms with Crippen LogP contribution >= 0.6 is 0 Å². The van der Waals surface area contributed by atoms with E-state index in [9.17, 15) is 0 Å². The highest BCUT2D eigenvalue weighted by molar-refractivity contribution is 5.91. The SMILES string of the molecule is CC(C)Cc1nc(-c2ccnc(-c3cc(C(C)(C)C)c4ccccc4c3)c2)cc2occc12. The third-order valence-corrected chi connectivity index (χ3v) is 6.15. The smallest absolute Gasteiger partial charge is 0.137 e. The van der Waals surface area contributed by atoms with Gasteiger partial charge in [-0.25, -0.2) is 0 Å². The first-order valence-electron chi connectivity index (χ1n) is 11.7. The number of rotatable bonds is 4. The second kappa shape index (κ2) is 8.15. The first-order chi connectivity index (χ1) is 15.8. The summed E-state index contributed by atoms with van der Waals surface area (Å²) >= 11 is 0. The second-order valence-corrected chi connectivity index (χ2v) is 10.3. The summed E-state index contributed by atoms with van der Waals surface area (Å²) < 4.78 is 5.76. The highest BCUT2D eigenvalue weighted by Gasteiger charge is 2.19. The van der Waals surface area contributed by atoms with Gasteiger partial charge in [-0.15, -0.1) is 0 Å². The van der Waals surface area contributed by atoms with E-state index in [2.05, 4.69) is 77.1 Å². The summed E-state index contributed by atoms with van der Waals surface area (Å²) in [4.78, 5) is 9.77. The van der Waals surface area contributed by atoms with Crippen LogP contribution in [0.15, 0.2) is 77.5 Å². The minimum Gasteiger partial charge on any atom is -0.464 e. The fourth-order valence-corrected chi connectivity index (χ4v) is 4.55. The Hall–Kier alpha value is -3.46. The molecule has 0 N–H and O–H groups in total. The molecule has 0 fully saturated rings. The van der Waals surface area contributed by atoms with Crippen molar-refractivity contribution < 1.29 is 4.42 Å². The Morgan fingerprint density at radius 1 is 0.848 bits per heavy atom. The average Bonchev–Trinajstić information content (AvgIpc) is 3.26. The number of fused-ring (bicyclic) bond motifs is 2. The molecule has 0 saturated carbocycles. The zero-order valence-electron chi connectivity index (χ0n) is 20.0. The van der Waals surface area contributed by atoms with Crippen molar-refractivity contribution in [3.05, 3.63) is 84.4 Å². The maximum absolute atomic E-state index is 5.76. The van der Waals surface area contributed by atoms with Crippen LogP contribution < -0.4 is 0 Å². The van der Waals surface area contributed by atoms with E-state index in [1.165, 1.54) is 16.3 Å². The van der Waals surface area contributed by atoms with Gasteiger partial charge in [0.1, 0.15) is 5.58 Å². The summed E-state index contributed by atoms with van der Waals surface area (Å²) in [6.07, 6.45) is 4.55. The highest BCUT2D eigenvalue weighted by Crippen LogP contribution is 2.35. The summed E-state index contributed by atoms with van der Waals surface area (Å²) in [5.41, 5.74) is 7.39. The summed E-state index contributed by atoms with van der Waals surface area (Å²) in [6, 6.07) is 21.4. The lowest BCUT2D eigenvalue weighted by Gasteiger charge is -2.22. The van der Waals surface area contributed by atoms with E-state index in [0.717, 1.165) is 45.6 Å². The van der Waals surface area contributed by atoms with Crippen LogP contribution in [0.4, 0.5) is 0 Å². The minimum absolute atomic E-state index is 0.0326. The lowest BCUT2D eigenvalue weighted by Crippen LogP contribution is -2.12. The number of benzene rings is 2. The Bertz CT molecular complexity index is 1450. The van der Waals surface area contributed by atoms with E-state index in [1.807, 2.05) is 24.4 Å². The second-order valence-electron chi connectivity index (χ2n) is 10.3. The Morgan fingerprint density at radius 2 is 1.67 bits per heavy atom. The number of aromatic nitrogens is 2. The first-order valence-corrected chi connectivity index (χ1v) is 11.7. The molecule has 2 aromatic carbocycles. The van der Waals surface area contributed by atoms with E-state index in [4.69, 9.17) is 14.4 Å². The maximum Gasteiger partial charge on any atom is 0.137 e. The molecule has 0 radical (unpaired) electrons. The van der Waals surface area contributed by atoms with Crippen molar-refractivity contribution in [2.45, 2.75) is 46.5 Å². The van der Waals surface area contributed by atoms with Crippen LogP contribution in [0.25, 0.3) is 44.3 Å². The molecule has 5 rings (SSSR count). The van der Waals surface area contributed by atoms with Gasteiger partial charge in [-0.05, 0) is 64.4 Å². The van der Waals surface area contributed by atoms with Crippen LogP contribution in [0.3, 0.4) is 0 Å². The molecule has 0 amide bonds. The Kier molecular flexibility index (Phi) is 5.28. The molecule has 3 aromatic heterocycles. The zero-order chi connectivity index (χ0) is 23.2. The maximum atomic E-state index is 5.76. The van der Waals surface area contributed by atoms with Crippen LogP contribution in [0, 0.1) is 5.92 Å². The molecule has 0 aliphatic rings. The summed E-state index contributed by atoms with van der Waals surface area (Å²) in [6.45, 7) is 11.2. The minimum atomic E-state index is 0.0326. The molecular formula is C30H30N2O. The lowest BCUT2D eigenvalue weighted by molar-refractivity contribution is 0.596. The van der Waals surface area contributed by atoms with Crippen LogP contribution in [-0.2, 0) is 11.8 Å². The monoisotopic (exact) mass is 434 g/mol. The molecule has 0 unspecified atom stereocenters. The zero-order valence-corrected chi connectivity index (χ0v) is 20.0. The third kappa shape index (κ3) is 4.16. The van der Waals surface area contributed by atoms with Gasteiger partial charge in [-0.1, -0.05) is 58.9 Å². The fraction of sp³-hybridized carbons (Fsp3) is 0.267. The predicted molar refractivity (Wildman–Crippen MR) is 137 cm³/mol. The van der Waals surface area contributed by atoms with Crippen LogP contribution in [-0.4, -0.2) is 9.97 Å². The van der Waals surface area contributed by atoms with Gasteiger partial charge >= 0.3 is 0 Å². The van der Waals surface area contributed by atoms with Crippen molar-refractivity contribution in [2.75, 3.05) is 0 Å². The number of hydrogen-bond acceptors (Lipinski definition) is 3. The number of pyridine rings is 2. The first kappa shape index (κ1) is 21.4. The van der Waals surface area contributed by atoms with Gasteiger partial charge in [-0.2, -0.15) is 0 Å². The molecule has 0 atom stereocenters. The van der Waals surface area contributed by atoms with Crippen molar-refractivity contribution in [2.24, 2.45) is 5.92 Å². The van der Waals surface area contributed by atoms with Gasteiger partial charge in [0.05, 0.1) is 23.3 Å². The topological polar surface area (TPSA) is 38.9 Å². The molecule has 0 saturated heterocycles. The molecule has 3 heterocycles. The molecule has 0 aliphatic carbocycles. The molecule has 0 bridgehead atoms. The van der Waals surface area contributed by atoms with Crippen molar-refractivity contribution in [3.63, 3.8) is 0 Å². The standard InChI is InChI=1S/C30H30N2O/c1-19(2)14-28-24-11-13-33-29(24)18-27(32-28)21-10-12-31-26(17-21)22-15-20-8-6-7-9-23(20)25(16-22)30(3,4)5/h6-13,15-19H,14H2,1-5H3. The molecule has 0 aliphatic heterocycles. The number of furan rings is 1. The molecule has 5 aromatic rings. The lowest BCUT2D eigenvalue weighted by atomic mass is 9.82. The van der Waals surface area contributed by atoms with Gasteiger partial charge in [0.25, 0.3) is 0 Å². The normalized spacial score (nSPS) is 12.2. The van der Waals surface area contributed by atoms with Gasteiger partial charge < -0.3 is 4.42 Å². The van der Waals surface area contributed by atoms with Gasteiger partial charge in [0, 0.05) is 28.8 Å². The third-order valence-electron chi connectivity index (χ3n) is 6.15. The van der Waals surface area contributed by atoms with E-state index in [-0.39, 0.29) is 5.41 Å². The van der Waals surface area contributed by atoms with E-state index < -0.39 is 0 Å². The van der Waals surface area contributed by atoms with Gasteiger partial charge in [0.15, 0.2) is 0 Å². The summed E-state index contributed by atoms with van der Waals surface area (Å²) in [5.74, 6) is 0.521. The predicted octanol–water partition coefficient (Wildman–Crippen LogP) is 8.21. The molecular weight excluding hydrogens is 404 g/mol. The van der Waals surface area contributed by atoms with Crippen molar-refractivity contribution in [1.29, 1.82) is 0 Å². The Balaban J connectivity index is 1.65. The molecule has 166 valence electrons.